The summed E-state index contributed by atoms with van der Waals surface area (Å²) in [5, 5.41) is 17.9. The highest BCUT2D eigenvalue weighted by molar-refractivity contribution is 5.96. The van der Waals surface area contributed by atoms with Gasteiger partial charge in [-0.15, -0.1) is 0 Å². The Morgan fingerprint density at radius 1 is 1.62 bits per heavy atom. The quantitative estimate of drug-likeness (QED) is 0.673. The molecular formula is C15H15N3O3. The van der Waals surface area contributed by atoms with Crippen LogP contribution in [0.5, 0.6) is 5.88 Å². The average Bonchev–Trinajstić information content (AvgIpc) is 2.81. The van der Waals surface area contributed by atoms with E-state index in [-0.39, 0.29) is 5.57 Å². The Morgan fingerprint density at radius 2 is 2.38 bits per heavy atom. The number of ether oxygens (including phenoxy) is 1. The molecule has 108 valence electrons. The monoisotopic (exact) mass is 285 g/mol. The third-order valence-corrected chi connectivity index (χ3v) is 2.92. The van der Waals surface area contributed by atoms with Crippen LogP contribution in [0.2, 0.25) is 0 Å². The minimum atomic E-state index is -1.28. The van der Waals surface area contributed by atoms with Crippen LogP contribution in [0, 0.1) is 18.3 Å². The molecule has 1 N–H and O–H groups in total. The maximum atomic E-state index is 11.0. The van der Waals surface area contributed by atoms with Gasteiger partial charge >= 0.3 is 5.97 Å². The number of pyridine rings is 1. The van der Waals surface area contributed by atoms with Gasteiger partial charge < -0.3 is 9.84 Å². The van der Waals surface area contributed by atoms with Gasteiger partial charge in [0.05, 0.1) is 6.61 Å². The lowest BCUT2D eigenvalue weighted by Gasteiger charge is -2.02. The minimum Gasteiger partial charge on any atom is -0.477 e. The van der Waals surface area contributed by atoms with Gasteiger partial charge in [0.1, 0.15) is 23.0 Å². The molecule has 0 spiro atoms. The molecule has 0 bridgehead atoms. The van der Waals surface area contributed by atoms with E-state index in [1.807, 2.05) is 26.0 Å². The molecule has 6 heteroatoms. The standard InChI is InChI=1S/C15H15N3O3/c1-3-7-21-14-12(8-11(9-16)15(19)20)18-6-4-5-10(2)13(18)17-14/h4-6,8H,3,7H2,1-2H3,(H,19,20)/b11-8+. The van der Waals surface area contributed by atoms with Crippen LogP contribution in [0.3, 0.4) is 0 Å². The number of carbonyl (C=O) groups is 1. The van der Waals surface area contributed by atoms with E-state index in [1.165, 1.54) is 6.08 Å². The molecule has 0 unspecified atom stereocenters. The van der Waals surface area contributed by atoms with Crippen LogP contribution in [0.25, 0.3) is 11.7 Å². The van der Waals surface area contributed by atoms with Crippen molar-refractivity contribution in [3.05, 3.63) is 35.2 Å². The van der Waals surface area contributed by atoms with Crippen molar-refractivity contribution >= 4 is 17.7 Å². The predicted molar refractivity (Wildman–Crippen MR) is 76.9 cm³/mol. The fraction of sp³-hybridized carbons (Fsp3) is 0.267. The Balaban J connectivity index is 2.66. The van der Waals surface area contributed by atoms with E-state index in [2.05, 4.69) is 4.98 Å². The summed E-state index contributed by atoms with van der Waals surface area (Å²) >= 11 is 0. The largest absolute Gasteiger partial charge is 0.477 e. The zero-order valence-corrected chi connectivity index (χ0v) is 11.8. The number of aromatic nitrogens is 2. The molecule has 2 aromatic heterocycles. The molecule has 0 saturated carbocycles. The van der Waals surface area contributed by atoms with Crippen LogP contribution in [-0.4, -0.2) is 27.1 Å². The number of rotatable bonds is 5. The van der Waals surface area contributed by atoms with E-state index in [4.69, 9.17) is 15.1 Å². The molecule has 0 aliphatic carbocycles. The summed E-state index contributed by atoms with van der Waals surface area (Å²) in [5.74, 6) is -0.943. The molecule has 2 aromatic rings. The first-order valence-corrected chi connectivity index (χ1v) is 6.54. The first kappa shape index (κ1) is 14.6. The van der Waals surface area contributed by atoms with Crippen molar-refractivity contribution in [2.75, 3.05) is 6.61 Å². The highest BCUT2D eigenvalue weighted by Gasteiger charge is 2.16. The molecule has 2 rings (SSSR count). The summed E-state index contributed by atoms with van der Waals surface area (Å²) in [6.45, 7) is 4.34. The predicted octanol–water partition coefficient (Wildman–Crippen LogP) is 2.42. The summed E-state index contributed by atoms with van der Waals surface area (Å²) in [5.41, 5.74) is 1.71. The smallest absolute Gasteiger partial charge is 0.346 e. The van der Waals surface area contributed by atoms with E-state index in [0.717, 1.165) is 12.0 Å². The SMILES string of the molecule is CCCOc1nc2c(C)cccn2c1/C=C(\C#N)C(=O)O. The van der Waals surface area contributed by atoms with Gasteiger partial charge in [-0.05, 0) is 31.1 Å². The average molecular weight is 285 g/mol. The number of hydrogen-bond donors (Lipinski definition) is 1. The fourth-order valence-electron chi connectivity index (χ4n) is 1.92. The number of nitriles is 1. The number of aryl methyl sites for hydroxylation is 1. The Labute approximate surface area is 121 Å². The molecular weight excluding hydrogens is 270 g/mol. The van der Waals surface area contributed by atoms with Crippen molar-refractivity contribution in [3.8, 4) is 11.9 Å². The van der Waals surface area contributed by atoms with Gasteiger partial charge in [-0.1, -0.05) is 13.0 Å². The number of carboxylic acids is 1. The van der Waals surface area contributed by atoms with Crippen LogP contribution in [0.15, 0.2) is 23.9 Å². The maximum Gasteiger partial charge on any atom is 0.346 e. The molecule has 0 fully saturated rings. The molecule has 0 amide bonds. The maximum absolute atomic E-state index is 11.0. The summed E-state index contributed by atoms with van der Waals surface area (Å²) in [4.78, 5) is 15.4. The number of aliphatic carboxylic acids is 1. The Morgan fingerprint density at radius 3 is 3.00 bits per heavy atom. The number of carboxylic acid groups (broad SMARTS) is 1. The van der Waals surface area contributed by atoms with Gasteiger partial charge in [0.2, 0.25) is 5.88 Å². The second-order valence-corrected chi connectivity index (χ2v) is 4.51. The number of imidazole rings is 1. The Bertz CT molecular complexity index is 753. The number of fused-ring (bicyclic) bond motifs is 1. The summed E-state index contributed by atoms with van der Waals surface area (Å²) in [6, 6.07) is 5.40. The second kappa shape index (κ2) is 6.09. The highest BCUT2D eigenvalue weighted by atomic mass is 16.5. The van der Waals surface area contributed by atoms with Crippen LogP contribution < -0.4 is 4.74 Å². The normalized spacial score (nSPS) is 11.4. The van der Waals surface area contributed by atoms with Gasteiger partial charge in [0.25, 0.3) is 0 Å². The Hall–Kier alpha value is -2.81. The van der Waals surface area contributed by atoms with Gasteiger partial charge in [-0.3, -0.25) is 4.40 Å². The van der Waals surface area contributed by atoms with Crippen molar-refractivity contribution < 1.29 is 14.6 Å². The van der Waals surface area contributed by atoms with Gasteiger partial charge in [-0.25, -0.2) is 4.79 Å². The zero-order valence-electron chi connectivity index (χ0n) is 11.8. The molecule has 0 saturated heterocycles. The third kappa shape index (κ3) is 2.87. The van der Waals surface area contributed by atoms with Crippen LogP contribution >= 0.6 is 0 Å². The molecule has 21 heavy (non-hydrogen) atoms. The van der Waals surface area contributed by atoms with Crippen LogP contribution in [0.1, 0.15) is 24.6 Å². The Kier molecular flexibility index (Phi) is 4.24. The topological polar surface area (TPSA) is 87.6 Å². The van der Waals surface area contributed by atoms with Crippen molar-refractivity contribution in [3.63, 3.8) is 0 Å². The molecule has 0 aromatic carbocycles. The minimum absolute atomic E-state index is 0.333. The summed E-state index contributed by atoms with van der Waals surface area (Å²) < 4.78 is 7.30. The van der Waals surface area contributed by atoms with E-state index < -0.39 is 5.97 Å². The highest BCUT2D eigenvalue weighted by Crippen LogP contribution is 2.24. The molecule has 0 atom stereocenters. The van der Waals surface area contributed by atoms with Gasteiger partial charge in [0.15, 0.2) is 0 Å². The lowest BCUT2D eigenvalue weighted by molar-refractivity contribution is -0.132. The lowest BCUT2D eigenvalue weighted by atomic mass is 10.2. The third-order valence-electron chi connectivity index (χ3n) is 2.92. The number of hydrogen-bond acceptors (Lipinski definition) is 4. The second-order valence-electron chi connectivity index (χ2n) is 4.51. The summed E-state index contributed by atoms with van der Waals surface area (Å²) in [7, 11) is 0. The first-order chi connectivity index (χ1) is 10.1. The van der Waals surface area contributed by atoms with Gasteiger partial charge in [-0.2, -0.15) is 10.2 Å². The van der Waals surface area contributed by atoms with E-state index in [9.17, 15) is 4.79 Å². The van der Waals surface area contributed by atoms with Crippen molar-refractivity contribution in [2.45, 2.75) is 20.3 Å². The van der Waals surface area contributed by atoms with Crippen molar-refractivity contribution in [1.82, 2.24) is 9.38 Å². The molecule has 2 heterocycles. The van der Waals surface area contributed by atoms with Crippen molar-refractivity contribution in [2.24, 2.45) is 0 Å². The molecule has 0 aliphatic rings. The van der Waals surface area contributed by atoms with E-state index in [1.54, 1.807) is 16.7 Å². The summed E-state index contributed by atoms with van der Waals surface area (Å²) in [6.07, 6.45) is 3.85. The molecule has 6 nitrogen and oxygen atoms in total. The first-order valence-electron chi connectivity index (χ1n) is 6.54. The zero-order chi connectivity index (χ0) is 15.4. The van der Waals surface area contributed by atoms with E-state index in [0.29, 0.717) is 23.8 Å². The van der Waals surface area contributed by atoms with Crippen LogP contribution in [-0.2, 0) is 4.79 Å². The van der Waals surface area contributed by atoms with E-state index >= 15 is 0 Å². The van der Waals surface area contributed by atoms with Crippen molar-refractivity contribution in [1.29, 1.82) is 5.26 Å². The molecule has 0 aliphatic heterocycles. The number of nitrogens with zero attached hydrogens (tertiary/aromatic N) is 3. The van der Waals surface area contributed by atoms with Crippen LogP contribution in [0.4, 0.5) is 0 Å². The lowest BCUT2D eigenvalue weighted by Crippen LogP contribution is -2.01. The fourth-order valence-corrected chi connectivity index (χ4v) is 1.92. The molecule has 0 radical (unpaired) electrons. The van der Waals surface area contributed by atoms with Gasteiger partial charge in [0, 0.05) is 6.20 Å².